The molecule has 2 aromatic rings. The second kappa shape index (κ2) is 9.07. The normalized spacial score (nSPS) is 14.9. The summed E-state index contributed by atoms with van der Waals surface area (Å²) in [5.74, 6) is 0.323. The van der Waals surface area contributed by atoms with Gasteiger partial charge in [-0.3, -0.25) is 19.1 Å². The number of carbonyl (C=O) groups is 1. The fourth-order valence-electron chi connectivity index (χ4n) is 3.78. The molecule has 4 rings (SSSR count). The molecule has 0 spiro atoms. The van der Waals surface area contributed by atoms with Gasteiger partial charge in [-0.25, -0.2) is 4.79 Å². The highest BCUT2D eigenvalue weighted by atomic mass is 16.5. The van der Waals surface area contributed by atoms with Gasteiger partial charge in [0.05, 0.1) is 0 Å². The molecule has 0 saturated carbocycles. The fourth-order valence-corrected chi connectivity index (χ4v) is 3.78. The number of nitrogens with one attached hydrogen (secondary N) is 3. The van der Waals surface area contributed by atoms with Gasteiger partial charge in [-0.1, -0.05) is 12.1 Å². The maximum absolute atomic E-state index is 12.4. The molecule has 8 nitrogen and oxygen atoms in total. The van der Waals surface area contributed by atoms with Crippen molar-refractivity contribution >= 4 is 17.4 Å². The topological polar surface area (TPSA) is 105 Å². The molecule has 1 aliphatic carbocycles. The predicted molar refractivity (Wildman–Crippen MR) is 118 cm³/mol. The number of aromatic amines is 1. The van der Waals surface area contributed by atoms with E-state index >= 15 is 0 Å². The molecule has 2 aliphatic rings. The minimum Gasteiger partial charge on any atom is -0.483 e. The lowest BCUT2D eigenvalue weighted by atomic mass is 10.1. The highest BCUT2D eigenvalue weighted by molar-refractivity contribution is 5.91. The third-order valence-electron chi connectivity index (χ3n) is 5.44. The highest BCUT2D eigenvalue weighted by Crippen LogP contribution is 2.25. The molecule has 1 aliphatic heterocycles. The summed E-state index contributed by atoms with van der Waals surface area (Å²) >= 11 is 0. The second-order valence-corrected chi connectivity index (χ2v) is 7.88. The number of aromatic nitrogens is 2. The van der Waals surface area contributed by atoms with Crippen LogP contribution >= 0.6 is 0 Å². The molecule has 0 bridgehead atoms. The summed E-state index contributed by atoms with van der Waals surface area (Å²) in [6.07, 6.45) is 7.23. The number of amides is 1. The number of hydrogen-bond acceptors (Lipinski definition) is 5. The standard InChI is InChI=1S/C23H26N4O4/c1-15-6-9-19(31-14-15)22(29)24-10-3-11-27-21(28)13-20(26-23(27)30)25-18-8-7-16-4-2-5-17(16)12-18/h6-9,12-13,25H,2-5,10-11,14H2,1H3,(H,24,29)(H,26,30). The zero-order valence-electron chi connectivity index (χ0n) is 17.5. The van der Waals surface area contributed by atoms with Crippen molar-refractivity contribution in [2.45, 2.75) is 39.2 Å². The molecular formula is C23H26N4O4. The van der Waals surface area contributed by atoms with Gasteiger partial charge in [0.2, 0.25) is 0 Å². The Morgan fingerprint density at radius 3 is 2.77 bits per heavy atom. The number of hydrogen-bond donors (Lipinski definition) is 3. The van der Waals surface area contributed by atoms with E-state index < -0.39 is 11.2 Å². The summed E-state index contributed by atoms with van der Waals surface area (Å²) < 4.78 is 6.48. The summed E-state index contributed by atoms with van der Waals surface area (Å²) in [7, 11) is 0. The van der Waals surface area contributed by atoms with Gasteiger partial charge in [-0.2, -0.15) is 0 Å². The molecule has 1 amide bonds. The largest absolute Gasteiger partial charge is 0.483 e. The maximum Gasteiger partial charge on any atom is 0.329 e. The van der Waals surface area contributed by atoms with Crippen LogP contribution in [-0.2, 0) is 28.9 Å². The van der Waals surface area contributed by atoms with Gasteiger partial charge >= 0.3 is 5.69 Å². The summed E-state index contributed by atoms with van der Waals surface area (Å²) in [6, 6.07) is 7.49. The number of H-pyrrole nitrogens is 1. The smallest absolute Gasteiger partial charge is 0.329 e. The van der Waals surface area contributed by atoms with Crippen LogP contribution in [0.25, 0.3) is 0 Å². The SMILES string of the molecule is CC1=CC=C(C(=O)NCCCn2c(=O)cc(Nc3ccc4c(c3)CCC4)[nH]c2=O)OC1. The highest BCUT2D eigenvalue weighted by Gasteiger charge is 2.14. The van der Waals surface area contributed by atoms with Crippen LogP contribution < -0.4 is 21.9 Å². The van der Waals surface area contributed by atoms with Crippen molar-refractivity contribution in [1.82, 2.24) is 14.9 Å². The van der Waals surface area contributed by atoms with E-state index in [0.717, 1.165) is 35.1 Å². The molecule has 0 unspecified atom stereocenters. The minimum atomic E-state index is -0.485. The van der Waals surface area contributed by atoms with E-state index in [-0.39, 0.29) is 18.2 Å². The van der Waals surface area contributed by atoms with Crippen molar-refractivity contribution in [1.29, 1.82) is 0 Å². The van der Waals surface area contributed by atoms with Crippen molar-refractivity contribution in [2.24, 2.45) is 0 Å². The fraction of sp³-hybridized carbons (Fsp3) is 0.348. The van der Waals surface area contributed by atoms with Gasteiger partial charge in [0.1, 0.15) is 12.4 Å². The maximum atomic E-state index is 12.4. The van der Waals surface area contributed by atoms with Crippen molar-refractivity contribution in [3.8, 4) is 0 Å². The number of fused-ring (bicyclic) bond motifs is 1. The van der Waals surface area contributed by atoms with Gasteiger partial charge in [-0.15, -0.1) is 0 Å². The zero-order chi connectivity index (χ0) is 21.8. The van der Waals surface area contributed by atoms with E-state index in [9.17, 15) is 14.4 Å². The van der Waals surface area contributed by atoms with Gasteiger partial charge in [0.15, 0.2) is 5.76 Å². The van der Waals surface area contributed by atoms with Crippen LogP contribution in [0, 0.1) is 0 Å². The van der Waals surface area contributed by atoms with E-state index in [1.165, 1.54) is 17.2 Å². The van der Waals surface area contributed by atoms with Gasteiger partial charge in [0.25, 0.3) is 11.5 Å². The first-order chi connectivity index (χ1) is 15.0. The Morgan fingerprint density at radius 1 is 1.16 bits per heavy atom. The first-order valence-electron chi connectivity index (χ1n) is 10.5. The molecule has 8 heteroatoms. The Hall–Kier alpha value is -3.55. The van der Waals surface area contributed by atoms with E-state index in [2.05, 4.69) is 27.8 Å². The quantitative estimate of drug-likeness (QED) is 0.593. The van der Waals surface area contributed by atoms with Crippen molar-refractivity contribution in [3.05, 3.63) is 79.7 Å². The summed E-state index contributed by atoms with van der Waals surface area (Å²) in [5.41, 5.74) is 3.69. The minimum absolute atomic E-state index is 0.201. The van der Waals surface area contributed by atoms with Crippen LogP contribution in [0.15, 0.2) is 57.3 Å². The van der Waals surface area contributed by atoms with Gasteiger partial charge in [-0.05, 0) is 67.5 Å². The zero-order valence-corrected chi connectivity index (χ0v) is 17.5. The molecule has 0 fully saturated rings. The molecule has 0 atom stereocenters. The molecule has 3 N–H and O–H groups in total. The lowest BCUT2D eigenvalue weighted by Gasteiger charge is -2.14. The van der Waals surface area contributed by atoms with Crippen LogP contribution in [0.4, 0.5) is 11.5 Å². The lowest BCUT2D eigenvalue weighted by Crippen LogP contribution is -2.36. The molecule has 1 aromatic heterocycles. The second-order valence-electron chi connectivity index (χ2n) is 7.88. The van der Waals surface area contributed by atoms with Crippen LogP contribution in [-0.4, -0.2) is 28.6 Å². The van der Waals surface area contributed by atoms with E-state index in [1.807, 2.05) is 19.1 Å². The number of benzene rings is 1. The Kier molecular flexibility index (Phi) is 6.06. The molecule has 0 saturated heterocycles. The van der Waals surface area contributed by atoms with E-state index in [0.29, 0.717) is 25.4 Å². The van der Waals surface area contributed by atoms with Gasteiger partial charge in [0, 0.05) is 24.8 Å². The summed E-state index contributed by atoms with van der Waals surface area (Å²) in [4.78, 5) is 39.6. The van der Waals surface area contributed by atoms with Crippen LogP contribution in [0.1, 0.15) is 30.9 Å². The summed E-state index contributed by atoms with van der Waals surface area (Å²) in [5, 5.41) is 5.85. The van der Waals surface area contributed by atoms with Crippen LogP contribution in [0.3, 0.4) is 0 Å². The molecular weight excluding hydrogens is 396 g/mol. The molecule has 31 heavy (non-hydrogen) atoms. The third kappa shape index (κ3) is 4.96. The third-order valence-corrected chi connectivity index (χ3v) is 5.44. The Labute approximate surface area is 179 Å². The molecule has 2 heterocycles. The lowest BCUT2D eigenvalue weighted by molar-refractivity contribution is -0.120. The number of ether oxygens (including phenoxy) is 1. The van der Waals surface area contributed by atoms with Crippen LogP contribution in [0.2, 0.25) is 0 Å². The Balaban J connectivity index is 1.33. The average molecular weight is 422 g/mol. The average Bonchev–Trinajstić information content (AvgIpc) is 3.21. The van der Waals surface area contributed by atoms with Crippen molar-refractivity contribution in [3.63, 3.8) is 0 Å². The number of carbonyl (C=O) groups excluding carboxylic acids is 1. The van der Waals surface area contributed by atoms with Crippen LogP contribution in [0.5, 0.6) is 0 Å². The molecule has 1 aromatic carbocycles. The molecule has 0 radical (unpaired) electrons. The first kappa shape index (κ1) is 20.7. The van der Waals surface area contributed by atoms with Crippen molar-refractivity contribution < 1.29 is 9.53 Å². The Bertz CT molecular complexity index is 1140. The molecule has 162 valence electrons. The number of anilines is 2. The predicted octanol–water partition coefficient (Wildman–Crippen LogP) is 2.14. The monoisotopic (exact) mass is 422 g/mol. The number of aryl methyl sites for hydroxylation is 2. The number of nitrogens with zero attached hydrogens (tertiary/aromatic N) is 1. The summed E-state index contributed by atoms with van der Waals surface area (Å²) in [6.45, 7) is 2.85. The first-order valence-corrected chi connectivity index (χ1v) is 10.5. The van der Waals surface area contributed by atoms with Crippen molar-refractivity contribution in [2.75, 3.05) is 18.5 Å². The van der Waals surface area contributed by atoms with E-state index in [1.54, 1.807) is 6.08 Å². The number of allylic oxidation sites excluding steroid dienone is 2. The number of rotatable bonds is 7. The van der Waals surface area contributed by atoms with Gasteiger partial charge < -0.3 is 15.4 Å². The Morgan fingerprint density at radius 2 is 2.00 bits per heavy atom. The van der Waals surface area contributed by atoms with E-state index in [4.69, 9.17) is 4.74 Å².